The van der Waals surface area contributed by atoms with E-state index in [-0.39, 0.29) is 11.6 Å². The highest BCUT2D eigenvalue weighted by atomic mass is 16.1. The molecular weight excluding hydrogens is 362 g/mol. The predicted molar refractivity (Wildman–Crippen MR) is 119 cm³/mol. The standard InChI is InChI=1S/C24H33N3O2/c1-5-19(6-2)25-22-21(7-3)26-23(27(8-4)24(22)29)20-14-17-12-10-9-11-16(17)13-18(20)15-28/h13-15,19,25H,5-12H2,1-4H3. The fourth-order valence-electron chi connectivity index (χ4n) is 4.29. The summed E-state index contributed by atoms with van der Waals surface area (Å²) < 4.78 is 1.71. The third-order valence-corrected chi connectivity index (χ3v) is 6.11. The van der Waals surface area contributed by atoms with Crippen LogP contribution in [-0.4, -0.2) is 21.9 Å². The van der Waals surface area contributed by atoms with Crippen LogP contribution in [0.3, 0.4) is 0 Å². The highest BCUT2D eigenvalue weighted by Gasteiger charge is 2.21. The molecule has 0 fully saturated rings. The van der Waals surface area contributed by atoms with Crippen LogP contribution in [0.1, 0.15) is 80.6 Å². The van der Waals surface area contributed by atoms with Gasteiger partial charge in [-0.3, -0.25) is 14.2 Å². The number of hydrogen-bond acceptors (Lipinski definition) is 4. The lowest BCUT2D eigenvalue weighted by molar-refractivity contribution is 0.112. The van der Waals surface area contributed by atoms with Gasteiger partial charge in [-0.25, -0.2) is 4.98 Å². The molecule has 0 spiro atoms. The summed E-state index contributed by atoms with van der Waals surface area (Å²) in [6.45, 7) is 8.73. The predicted octanol–water partition coefficient (Wildman–Crippen LogP) is 4.78. The topological polar surface area (TPSA) is 64.0 Å². The second-order valence-electron chi connectivity index (χ2n) is 7.85. The molecule has 0 amide bonds. The molecular formula is C24H33N3O2. The van der Waals surface area contributed by atoms with Gasteiger partial charge in [-0.2, -0.15) is 0 Å². The molecule has 1 N–H and O–H groups in total. The van der Waals surface area contributed by atoms with Gasteiger partial charge in [-0.15, -0.1) is 0 Å². The van der Waals surface area contributed by atoms with Crippen molar-refractivity contribution < 1.29 is 4.79 Å². The Hall–Kier alpha value is -2.43. The average Bonchev–Trinajstić information content (AvgIpc) is 2.76. The number of aromatic nitrogens is 2. The minimum Gasteiger partial charge on any atom is -0.376 e. The lowest BCUT2D eigenvalue weighted by atomic mass is 9.88. The highest BCUT2D eigenvalue weighted by Crippen LogP contribution is 2.30. The first-order valence-corrected chi connectivity index (χ1v) is 11.1. The molecule has 1 aromatic carbocycles. The molecule has 29 heavy (non-hydrogen) atoms. The number of carbonyl (C=O) groups excluding carboxylic acids is 1. The second kappa shape index (κ2) is 9.38. The van der Waals surface area contributed by atoms with Crippen molar-refractivity contribution in [2.45, 2.75) is 85.2 Å². The number of anilines is 1. The van der Waals surface area contributed by atoms with Crippen molar-refractivity contribution in [3.05, 3.63) is 44.9 Å². The molecule has 1 aromatic heterocycles. The van der Waals surface area contributed by atoms with Gasteiger partial charge in [0.05, 0.1) is 5.69 Å². The summed E-state index contributed by atoms with van der Waals surface area (Å²) in [6, 6.07) is 4.35. The Labute approximate surface area is 173 Å². The maximum atomic E-state index is 13.4. The number of nitrogens with one attached hydrogen (secondary N) is 1. The summed E-state index contributed by atoms with van der Waals surface area (Å²) in [4.78, 5) is 30.2. The Morgan fingerprint density at radius 3 is 2.31 bits per heavy atom. The fraction of sp³-hybridized carbons (Fsp3) is 0.542. The summed E-state index contributed by atoms with van der Waals surface area (Å²) >= 11 is 0. The van der Waals surface area contributed by atoms with Crippen molar-refractivity contribution in [2.24, 2.45) is 0 Å². The number of rotatable bonds is 8. The number of aryl methyl sites for hydroxylation is 3. The first kappa shape index (κ1) is 21.3. The largest absolute Gasteiger partial charge is 0.376 e. The van der Waals surface area contributed by atoms with Crippen molar-refractivity contribution in [2.75, 3.05) is 5.32 Å². The first-order valence-electron chi connectivity index (χ1n) is 11.1. The van der Waals surface area contributed by atoms with Crippen LogP contribution in [0.5, 0.6) is 0 Å². The molecule has 156 valence electrons. The van der Waals surface area contributed by atoms with Crippen molar-refractivity contribution in [3.8, 4) is 11.4 Å². The second-order valence-corrected chi connectivity index (χ2v) is 7.85. The zero-order chi connectivity index (χ0) is 21.0. The van der Waals surface area contributed by atoms with Crippen LogP contribution in [0.2, 0.25) is 0 Å². The zero-order valence-corrected chi connectivity index (χ0v) is 18.2. The van der Waals surface area contributed by atoms with Gasteiger partial charge >= 0.3 is 0 Å². The van der Waals surface area contributed by atoms with Gasteiger partial charge in [0.1, 0.15) is 11.5 Å². The number of hydrogen-bond donors (Lipinski definition) is 1. The van der Waals surface area contributed by atoms with Crippen LogP contribution in [-0.2, 0) is 25.8 Å². The van der Waals surface area contributed by atoms with E-state index in [1.165, 1.54) is 24.0 Å². The zero-order valence-electron chi connectivity index (χ0n) is 18.2. The molecule has 0 unspecified atom stereocenters. The molecule has 5 nitrogen and oxygen atoms in total. The third kappa shape index (κ3) is 4.14. The van der Waals surface area contributed by atoms with Crippen molar-refractivity contribution in [1.29, 1.82) is 0 Å². The maximum absolute atomic E-state index is 13.4. The van der Waals surface area contributed by atoms with Crippen LogP contribution in [0.25, 0.3) is 11.4 Å². The Balaban J connectivity index is 2.21. The molecule has 1 aliphatic rings. The van der Waals surface area contributed by atoms with Gasteiger partial charge in [-0.05, 0) is 75.1 Å². The van der Waals surface area contributed by atoms with E-state index in [9.17, 15) is 9.59 Å². The van der Waals surface area contributed by atoms with Crippen LogP contribution >= 0.6 is 0 Å². The Morgan fingerprint density at radius 2 is 1.76 bits per heavy atom. The molecule has 1 aliphatic carbocycles. The number of benzene rings is 1. The first-order chi connectivity index (χ1) is 14.1. The molecule has 0 bridgehead atoms. The van der Waals surface area contributed by atoms with E-state index in [2.05, 4.69) is 25.2 Å². The Morgan fingerprint density at radius 1 is 1.10 bits per heavy atom. The highest BCUT2D eigenvalue weighted by molar-refractivity contribution is 5.87. The maximum Gasteiger partial charge on any atom is 0.277 e. The minimum atomic E-state index is -0.0455. The molecule has 0 atom stereocenters. The van der Waals surface area contributed by atoms with Gasteiger partial charge in [0, 0.05) is 23.7 Å². The molecule has 0 radical (unpaired) electrons. The summed E-state index contributed by atoms with van der Waals surface area (Å²) in [7, 11) is 0. The molecule has 0 aliphatic heterocycles. The van der Waals surface area contributed by atoms with Crippen molar-refractivity contribution in [1.82, 2.24) is 9.55 Å². The van der Waals surface area contributed by atoms with Gasteiger partial charge in [0.15, 0.2) is 6.29 Å². The van der Waals surface area contributed by atoms with Crippen molar-refractivity contribution >= 4 is 12.0 Å². The van der Waals surface area contributed by atoms with E-state index in [0.29, 0.717) is 30.0 Å². The van der Waals surface area contributed by atoms with Crippen LogP contribution in [0.15, 0.2) is 16.9 Å². The number of carbonyl (C=O) groups is 1. The van der Waals surface area contributed by atoms with Crippen LogP contribution < -0.4 is 10.9 Å². The fourth-order valence-corrected chi connectivity index (χ4v) is 4.29. The minimum absolute atomic E-state index is 0.0455. The summed E-state index contributed by atoms with van der Waals surface area (Å²) in [5.41, 5.74) is 5.29. The molecule has 0 saturated carbocycles. The Kier molecular flexibility index (Phi) is 6.88. The van der Waals surface area contributed by atoms with E-state index in [1.54, 1.807) is 4.57 Å². The van der Waals surface area contributed by atoms with Crippen LogP contribution in [0, 0.1) is 0 Å². The van der Waals surface area contributed by atoms with E-state index in [0.717, 1.165) is 43.2 Å². The number of fused-ring (bicyclic) bond motifs is 1. The Bertz CT molecular complexity index is 942. The van der Waals surface area contributed by atoms with Gasteiger partial charge in [0.25, 0.3) is 5.56 Å². The monoisotopic (exact) mass is 395 g/mol. The van der Waals surface area contributed by atoms with Gasteiger partial charge < -0.3 is 5.32 Å². The summed E-state index contributed by atoms with van der Waals surface area (Å²) in [6.07, 6.45) is 7.84. The summed E-state index contributed by atoms with van der Waals surface area (Å²) in [5, 5.41) is 3.43. The normalized spacial score (nSPS) is 13.4. The van der Waals surface area contributed by atoms with Crippen LogP contribution in [0.4, 0.5) is 5.69 Å². The third-order valence-electron chi connectivity index (χ3n) is 6.11. The van der Waals surface area contributed by atoms with Crippen molar-refractivity contribution in [3.63, 3.8) is 0 Å². The molecule has 2 aromatic rings. The summed E-state index contributed by atoms with van der Waals surface area (Å²) in [5.74, 6) is 0.611. The number of aldehydes is 1. The quantitative estimate of drug-likeness (QED) is 0.653. The van der Waals surface area contributed by atoms with E-state index < -0.39 is 0 Å². The molecule has 5 heteroatoms. The van der Waals surface area contributed by atoms with Gasteiger partial charge in [-0.1, -0.05) is 20.8 Å². The van der Waals surface area contributed by atoms with Gasteiger partial charge in [0.2, 0.25) is 0 Å². The molecule has 0 saturated heterocycles. The molecule has 3 rings (SSSR count). The smallest absolute Gasteiger partial charge is 0.277 e. The average molecular weight is 396 g/mol. The lowest BCUT2D eigenvalue weighted by Crippen LogP contribution is -2.31. The SMILES string of the molecule is CCc1nc(-c2cc3c(cc2C=O)CCCC3)n(CC)c(=O)c1NC(CC)CC. The van der Waals surface area contributed by atoms with E-state index >= 15 is 0 Å². The molecule has 1 heterocycles. The lowest BCUT2D eigenvalue weighted by Gasteiger charge is -2.22. The van der Waals surface area contributed by atoms with E-state index in [4.69, 9.17) is 4.98 Å². The van der Waals surface area contributed by atoms with E-state index in [1.807, 2.05) is 19.9 Å². The number of nitrogens with zero attached hydrogens (tertiary/aromatic N) is 2.